The van der Waals surface area contributed by atoms with Gasteiger partial charge in [0.05, 0.1) is 11.5 Å². The fourth-order valence-electron chi connectivity index (χ4n) is 1.86. The van der Waals surface area contributed by atoms with Gasteiger partial charge in [-0.15, -0.1) is 0 Å². The summed E-state index contributed by atoms with van der Waals surface area (Å²) in [7, 11) is -2.30. The van der Waals surface area contributed by atoms with E-state index in [1.807, 2.05) is 12.1 Å². The van der Waals surface area contributed by atoms with Gasteiger partial charge in [0.2, 0.25) is 10.0 Å². The highest BCUT2D eigenvalue weighted by molar-refractivity contribution is 7.89. The van der Waals surface area contributed by atoms with Crippen molar-refractivity contribution in [1.82, 2.24) is 4.31 Å². The van der Waals surface area contributed by atoms with Crippen LogP contribution in [0.15, 0.2) is 29.2 Å². The number of rotatable bonds is 7. The molecule has 0 fully saturated rings. The standard InChI is InChI=1S/C15H23NO4S/c1-5-12(3)13-7-9-14(10-8-13)21(18,19)16(4)11-15(17)20-6-2/h7-10,12H,5-6,11H2,1-4H3. The normalized spacial score (nSPS) is 13.2. The molecule has 0 saturated heterocycles. The molecule has 21 heavy (non-hydrogen) atoms. The number of sulfonamides is 1. The molecule has 0 aromatic heterocycles. The van der Waals surface area contributed by atoms with Gasteiger partial charge in [0, 0.05) is 7.05 Å². The lowest BCUT2D eigenvalue weighted by atomic mass is 9.99. The Morgan fingerprint density at radius 2 is 1.81 bits per heavy atom. The van der Waals surface area contributed by atoms with Crippen molar-refractivity contribution in [2.24, 2.45) is 0 Å². The summed E-state index contributed by atoms with van der Waals surface area (Å²) in [6, 6.07) is 6.80. The van der Waals surface area contributed by atoms with E-state index in [4.69, 9.17) is 4.74 Å². The van der Waals surface area contributed by atoms with Gasteiger partial charge in [-0.3, -0.25) is 4.79 Å². The average molecular weight is 313 g/mol. The summed E-state index contributed by atoms with van der Waals surface area (Å²) < 4.78 is 30.4. The molecule has 1 atom stereocenters. The number of carbonyl (C=O) groups excluding carboxylic acids is 1. The van der Waals surface area contributed by atoms with E-state index in [0.717, 1.165) is 16.3 Å². The lowest BCUT2D eigenvalue weighted by Gasteiger charge is -2.17. The van der Waals surface area contributed by atoms with Crippen LogP contribution in [0.5, 0.6) is 0 Å². The van der Waals surface area contributed by atoms with Gasteiger partial charge in [-0.25, -0.2) is 8.42 Å². The summed E-state index contributed by atoms with van der Waals surface area (Å²) >= 11 is 0. The van der Waals surface area contributed by atoms with Crippen molar-refractivity contribution in [3.8, 4) is 0 Å². The molecule has 0 heterocycles. The molecule has 1 aromatic rings. The third-order valence-electron chi connectivity index (χ3n) is 3.43. The van der Waals surface area contributed by atoms with Crippen LogP contribution < -0.4 is 0 Å². The maximum absolute atomic E-state index is 12.3. The van der Waals surface area contributed by atoms with Gasteiger partial charge in [-0.05, 0) is 37.0 Å². The van der Waals surface area contributed by atoms with E-state index in [9.17, 15) is 13.2 Å². The van der Waals surface area contributed by atoms with Crippen LogP contribution >= 0.6 is 0 Å². The lowest BCUT2D eigenvalue weighted by Crippen LogP contribution is -2.33. The topological polar surface area (TPSA) is 63.7 Å². The zero-order chi connectivity index (χ0) is 16.0. The van der Waals surface area contributed by atoms with Crippen molar-refractivity contribution in [1.29, 1.82) is 0 Å². The molecule has 5 nitrogen and oxygen atoms in total. The third-order valence-corrected chi connectivity index (χ3v) is 5.24. The maximum atomic E-state index is 12.3. The number of benzene rings is 1. The van der Waals surface area contributed by atoms with Crippen LogP contribution in [0, 0.1) is 0 Å². The Morgan fingerprint density at radius 3 is 2.29 bits per heavy atom. The third kappa shape index (κ3) is 4.54. The number of carbonyl (C=O) groups is 1. The minimum Gasteiger partial charge on any atom is -0.465 e. The molecule has 0 saturated carbocycles. The molecule has 0 bridgehead atoms. The first-order valence-electron chi connectivity index (χ1n) is 7.04. The number of nitrogens with zero attached hydrogens (tertiary/aromatic N) is 1. The van der Waals surface area contributed by atoms with E-state index in [-0.39, 0.29) is 18.0 Å². The van der Waals surface area contributed by atoms with Crippen molar-refractivity contribution in [2.45, 2.75) is 38.0 Å². The van der Waals surface area contributed by atoms with Crippen molar-refractivity contribution in [3.63, 3.8) is 0 Å². The monoisotopic (exact) mass is 313 g/mol. The fraction of sp³-hybridized carbons (Fsp3) is 0.533. The van der Waals surface area contributed by atoms with E-state index in [1.54, 1.807) is 19.1 Å². The highest BCUT2D eigenvalue weighted by Crippen LogP contribution is 2.21. The molecular formula is C15H23NO4S. The molecule has 1 unspecified atom stereocenters. The molecule has 6 heteroatoms. The maximum Gasteiger partial charge on any atom is 0.321 e. The minimum atomic E-state index is -3.67. The second-order valence-electron chi connectivity index (χ2n) is 4.94. The number of hydrogen-bond acceptors (Lipinski definition) is 4. The van der Waals surface area contributed by atoms with Gasteiger partial charge in [0.1, 0.15) is 6.54 Å². The van der Waals surface area contributed by atoms with Crippen LogP contribution in [0.1, 0.15) is 38.7 Å². The fourth-order valence-corrected chi connectivity index (χ4v) is 2.97. The minimum absolute atomic E-state index is 0.182. The highest BCUT2D eigenvalue weighted by atomic mass is 32.2. The predicted octanol–water partition coefficient (Wildman–Crippen LogP) is 2.38. The Morgan fingerprint density at radius 1 is 1.24 bits per heavy atom. The SMILES string of the molecule is CCOC(=O)CN(C)S(=O)(=O)c1ccc(C(C)CC)cc1. The molecule has 0 spiro atoms. The first-order chi connectivity index (χ1) is 9.82. The van der Waals surface area contributed by atoms with Gasteiger partial charge in [0.25, 0.3) is 0 Å². The van der Waals surface area contributed by atoms with Gasteiger partial charge in [-0.2, -0.15) is 4.31 Å². The Hall–Kier alpha value is -1.40. The zero-order valence-corrected chi connectivity index (χ0v) is 13.8. The Labute approximate surface area is 127 Å². The van der Waals surface area contributed by atoms with Gasteiger partial charge >= 0.3 is 5.97 Å². The van der Waals surface area contributed by atoms with Crippen molar-refractivity contribution in [3.05, 3.63) is 29.8 Å². The summed E-state index contributed by atoms with van der Waals surface area (Å²) in [5, 5.41) is 0. The summed E-state index contributed by atoms with van der Waals surface area (Å²) in [5.41, 5.74) is 1.10. The Kier molecular flexibility index (Phi) is 6.36. The molecule has 0 amide bonds. The molecule has 0 aliphatic carbocycles. The first kappa shape index (κ1) is 17.7. The molecule has 0 radical (unpaired) electrons. The van der Waals surface area contributed by atoms with E-state index in [0.29, 0.717) is 5.92 Å². The van der Waals surface area contributed by atoms with E-state index < -0.39 is 16.0 Å². The largest absolute Gasteiger partial charge is 0.465 e. The van der Waals surface area contributed by atoms with Gasteiger partial charge < -0.3 is 4.74 Å². The van der Waals surface area contributed by atoms with Crippen LogP contribution in [0.2, 0.25) is 0 Å². The van der Waals surface area contributed by atoms with Crippen LogP contribution in [0.3, 0.4) is 0 Å². The average Bonchev–Trinajstić information content (AvgIpc) is 2.46. The van der Waals surface area contributed by atoms with Crippen LogP contribution in [-0.4, -0.2) is 38.9 Å². The van der Waals surface area contributed by atoms with E-state index in [2.05, 4.69) is 13.8 Å². The quantitative estimate of drug-likeness (QED) is 0.725. The Bertz CT molecular complexity index is 566. The van der Waals surface area contributed by atoms with Crippen molar-refractivity contribution < 1.29 is 17.9 Å². The van der Waals surface area contributed by atoms with Crippen molar-refractivity contribution >= 4 is 16.0 Å². The predicted molar refractivity (Wildman–Crippen MR) is 81.6 cm³/mol. The molecule has 1 rings (SSSR count). The van der Waals surface area contributed by atoms with Gasteiger partial charge in [0.15, 0.2) is 0 Å². The second-order valence-corrected chi connectivity index (χ2v) is 6.99. The number of ether oxygens (including phenoxy) is 1. The van der Waals surface area contributed by atoms with E-state index in [1.165, 1.54) is 7.05 Å². The molecule has 0 aliphatic rings. The van der Waals surface area contributed by atoms with Crippen LogP contribution in [0.4, 0.5) is 0 Å². The molecule has 1 aromatic carbocycles. The molecule has 118 valence electrons. The number of hydrogen-bond donors (Lipinski definition) is 0. The first-order valence-corrected chi connectivity index (χ1v) is 8.48. The molecular weight excluding hydrogens is 290 g/mol. The summed E-state index contributed by atoms with van der Waals surface area (Å²) in [5.74, 6) is -0.168. The lowest BCUT2D eigenvalue weighted by molar-refractivity contribution is -0.143. The molecule has 0 aliphatic heterocycles. The summed E-state index contributed by atoms with van der Waals surface area (Å²) in [4.78, 5) is 11.6. The summed E-state index contributed by atoms with van der Waals surface area (Å²) in [6.45, 7) is 5.80. The molecule has 0 N–H and O–H groups in total. The summed E-state index contributed by atoms with van der Waals surface area (Å²) in [6.07, 6.45) is 0.995. The van der Waals surface area contributed by atoms with E-state index >= 15 is 0 Å². The number of esters is 1. The van der Waals surface area contributed by atoms with Crippen LogP contribution in [0.25, 0.3) is 0 Å². The Balaban J connectivity index is 2.89. The van der Waals surface area contributed by atoms with Crippen LogP contribution in [-0.2, 0) is 19.6 Å². The van der Waals surface area contributed by atoms with Crippen molar-refractivity contribution in [2.75, 3.05) is 20.2 Å². The highest BCUT2D eigenvalue weighted by Gasteiger charge is 2.23. The number of likely N-dealkylation sites (N-methyl/N-ethyl adjacent to an activating group) is 1. The smallest absolute Gasteiger partial charge is 0.321 e. The second kappa shape index (κ2) is 7.56. The zero-order valence-electron chi connectivity index (χ0n) is 13.0. The van der Waals surface area contributed by atoms with Gasteiger partial charge in [-0.1, -0.05) is 26.0 Å².